The summed E-state index contributed by atoms with van der Waals surface area (Å²) in [4.78, 5) is 15.5. The Morgan fingerprint density at radius 2 is 2.00 bits per heavy atom. The minimum atomic E-state index is -2.91. The third-order valence-corrected chi connectivity index (χ3v) is 5.63. The first-order chi connectivity index (χ1) is 11.9. The number of guanidine groups is 1. The fraction of sp³-hybridized carbons (Fsp3) is 0.529. The van der Waals surface area contributed by atoms with Gasteiger partial charge in [-0.3, -0.25) is 9.79 Å². The Morgan fingerprint density at radius 3 is 2.56 bits per heavy atom. The molecule has 0 aromatic heterocycles. The highest BCUT2D eigenvalue weighted by Crippen LogP contribution is 2.11. The molecule has 3 N–H and O–H groups in total. The smallest absolute Gasteiger partial charge is 0.221 e. The van der Waals surface area contributed by atoms with Crippen molar-refractivity contribution in [3.8, 4) is 0 Å². The van der Waals surface area contributed by atoms with Crippen LogP contribution in [0.3, 0.4) is 0 Å². The number of hydrogen-bond acceptors (Lipinski definition) is 4. The van der Waals surface area contributed by atoms with Crippen LogP contribution in [-0.2, 0) is 21.1 Å². The molecular weight excluding hydrogens is 340 g/mol. The number of benzene rings is 1. The van der Waals surface area contributed by atoms with Crippen LogP contribution < -0.4 is 16.0 Å². The zero-order chi connectivity index (χ0) is 18.3. The first kappa shape index (κ1) is 19.2. The molecule has 1 unspecified atom stereocenters. The molecule has 7 nitrogen and oxygen atoms in total. The number of carbonyl (C=O) groups excluding carboxylic acids is 1. The fourth-order valence-electron chi connectivity index (χ4n) is 2.68. The van der Waals surface area contributed by atoms with Crippen molar-refractivity contribution >= 4 is 27.4 Å². The number of carbonyl (C=O) groups is 1. The van der Waals surface area contributed by atoms with Gasteiger partial charge in [-0.25, -0.2) is 8.42 Å². The number of nitrogens with one attached hydrogen (secondary N) is 3. The number of sulfone groups is 1. The Labute approximate surface area is 149 Å². The maximum atomic E-state index is 11.5. The Hall–Kier alpha value is -2.09. The summed E-state index contributed by atoms with van der Waals surface area (Å²) in [6.07, 6.45) is 1.39. The van der Waals surface area contributed by atoms with Gasteiger partial charge in [-0.05, 0) is 37.5 Å². The summed E-state index contributed by atoms with van der Waals surface area (Å²) in [7, 11) is -2.91. The summed E-state index contributed by atoms with van der Waals surface area (Å²) in [5.41, 5.74) is 1.90. The third kappa shape index (κ3) is 6.74. The van der Waals surface area contributed by atoms with E-state index < -0.39 is 9.84 Å². The second-order valence-corrected chi connectivity index (χ2v) is 8.36. The van der Waals surface area contributed by atoms with Crippen LogP contribution in [0.1, 0.15) is 25.8 Å². The minimum absolute atomic E-state index is 0.0697. The van der Waals surface area contributed by atoms with E-state index in [4.69, 9.17) is 0 Å². The Kier molecular flexibility index (Phi) is 6.81. The third-order valence-electron chi connectivity index (χ3n) is 3.86. The normalized spacial score (nSPS) is 19.4. The van der Waals surface area contributed by atoms with E-state index >= 15 is 0 Å². The molecule has 1 aromatic carbocycles. The first-order valence-corrected chi connectivity index (χ1v) is 10.3. The molecule has 1 saturated heterocycles. The van der Waals surface area contributed by atoms with E-state index in [0.717, 1.165) is 24.2 Å². The molecule has 1 aliphatic heterocycles. The lowest BCUT2D eigenvalue weighted by Gasteiger charge is -2.15. The molecule has 1 amide bonds. The Bertz CT molecular complexity index is 714. The van der Waals surface area contributed by atoms with Crippen LogP contribution >= 0.6 is 0 Å². The van der Waals surface area contributed by atoms with Gasteiger partial charge in [0.15, 0.2) is 15.8 Å². The zero-order valence-corrected chi connectivity index (χ0v) is 15.5. The van der Waals surface area contributed by atoms with Crippen LogP contribution in [0, 0.1) is 0 Å². The van der Waals surface area contributed by atoms with Crippen molar-refractivity contribution in [3.05, 3.63) is 29.8 Å². The summed E-state index contributed by atoms with van der Waals surface area (Å²) in [5, 5.41) is 9.09. The van der Waals surface area contributed by atoms with Gasteiger partial charge in [0.1, 0.15) is 0 Å². The lowest BCUT2D eigenvalue weighted by atomic mass is 10.1. The monoisotopic (exact) mass is 366 g/mol. The van der Waals surface area contributed by atoms with Crippen molar-refractivity contribution in [2.75, 3.05) is 29.9 Å². The van der Waals surface area contributed by atoms with Crippen molar-refractivity contribution in [2.24, 2.45) is 4.99 Å². The van der Waals surface area contributed by atoms with Gasteiger partial charge in [-0.1, -0.05) is 12.1 Å². The fourth-order valence-corrected chi connectivity index (χ4v) is 4.35. The second kappa shape index (κ2) is 8.84. The number of aliphatic imine (C=N–C) groups is 1. The van der Waals surface area contributed by atoms with E-state index in [9.17, 15) is 13.2 Å². The molecule has 0 spiro atoms. The Balaban J connectivity index is 1.87. The van der Waals surface area contributed by atoms with Gasteiger partial charge in [0.2, 0.25) is 5.91 Å². The maximum Gasteiger partial charge on any atom is 0.221 e. The van der Waals surface area contributed by atoms with Gasteiger partial charge < -0.3 is 16.0 Å². The lowest BCUT2D eigenvalue weighted by Crippen LogP contribution is -2.44. The van der Waals surface area contributed by atoms with E-state index in [-0.39, 0.29) is 23.5 Å². The molecule has 0 aliphatic carbocycles. The quantitative estimate of drug-likeness (QED) is 0.514. The number of nitrogens with zero attached hydrogens (tertiary/aromatic N) is 1. The molecule has 8 heteroatoms. The molecule has 0 saturated carbocycles. The zero-order valence-electron chi connectivity index (χ0n) is 14.7. The number of anilines is 1. The van der Waals surface area contributed by atoms with E-state index in [1.165, 1.54) is 6.92 Å². The summed E-state index contributed by atoms with van der Waals surface area (Å²) < 4.78 is 23.1. The van der Waals surface area contributed by atoms with Crippen LogP contribution in [0.5, 0.6) is 0 Å². The topological polar surface area (TPSA) is 99.7 Å². The van der Waals surface area contributed by atoms with Gasteiger partial charge >= 0.3 is 0 Å². The van der Waals surface area contributed by atoms with E-state index in [1.54, 1.807) is 0 Å². The number of hydrogen-bond donors (Lipinski definition) is 3. The van der Waals surface area contributed by atoms with Crippen LogP contribution in [0.2, 0.25) is 0 Å². The van der Waals surface area contributed by atoms with Crippen LogP contribution in [0.4, 0.5) is 5.69 Å². The average molecular weight is 366 g/mol. The maximum absolute atomic E-state index is 11.5. The minimum Gasteiger partial charge on any atom is -0.357 e. The Morgan fingerprint density at radius 1 is 1.28 bits per heavy atom. The van der Waals surface area contributed by atoms with Crippen molar-refractivity contribution in [2.45, 2.75) is 32.7 Å². The highest BCUT2D eigenvalue weighted by molar-refractivity contribution is 7.91. The summed E-state index contributed by atoms with van der Waals surface area (Å²) in [6, 6.07) is 7.59. The summed E-state index contributed by atoms with van der Waals surface area (Å²) in [6.45, 7) is 4.77. The molecular formula is C17H26N4O3S. The van der Waals surface area contributed by atoms with Crippen molar-refractivity contribution in [3.63, 3.8) is 0 Å². The molecule has 1 atom stereocenters. The molecule has 25 heavy (non-hydrogen) atoms. The van der Waals surface area contributed by atoms with Gasteiger partial charge in [-0.15, -0.1) is 0 Å². The first-order valence-electron chi connectivity index (χ1n) is 8.50. The molecule has 1 aromatic rings. The van der Waals surface area contributed by atoms with Crippen molar-refractivity contribution < 1.29 is 13.2 Å². The standard InChI is InChI=1S/C17H26N4O3S/c1-3-18-17(21-16-9-11-25(23,24)12-16)19-10-8-14-4-6-15(7-5-14)20-13(2)22/h4-7,16H,3,8-12H2,1-2H3,(H,20,22)(H2,18,19,21). The van der Waals surface area contributed by atoms with Gasteiger partial charge in [-0.2, -0.15) is 0 Å². The second-order valence-electron chi connectivity index (χ2n) is 6.13. The largest absolute Gasteiger partial charge is 0.357 e. The van der Waals surface area contributed by atoms with Crippen molar-refractivity contribution in [1.82, 2.24) is 10.6 Å². The molecule has 2 rings (SSSR count). The van der Waals surface area contributed by atoms with Crippen molar-refractivity contribution in [1.29, 1.82) is 0 Å². The summed E-state index contributed by atoms with van der Waals surface area (Å²) in [5.74, 6) is 0.972. The van der Waals surface area contributed by atoms with Crippen LogP contribution in [0.15, 0.2) is 29.3 Å². The average Bonchev–Trinajstić information content (AvgIpc) is 2.87. The number of amides is 1. The SMILES string of the molecule is CCNC(=NCCc1ccc(NC(C)=O)cc1)NC1CCS(=O)(=O)C1. The molecule has 0 radical (unpaired) electrons. The predicted molar refractivity (Wildman–Crippen MR) is 101 cm³/mol. The van der Waals surface area contributed by atoms with Crippen LogP contribution in [0.25, 0.3) is 0 Å². The highest BCUT2D eigenvalue weighted by Gasteiger charge is 2.28. The van der Waals surface area contributed by atoms with Gasteiger partial charge in [0.25, 0.3) is 0 Å². The van der Waals surface area contributed by atoms with Crippen LogP contribution in [-0.4, -0.2) is 50.9 Å². The molecule has 1 heterocycles. The molecule has 0 bridgehead atoms. The highest BCUT2D eigenvalue weighted by atomic mass is 32.2. The molecule has 1 fully saturated rings. The van der Waals surface area contributed by atoms with Gasteiger partial charge in [0.05, 0.1) is 11.5 Å². The lowest BCUT2D eigenvalue weighted by molar-refractivity contribution is -0.114. The van der Waals surface area contributed by atoms with E-state index in [0.29, 0.717) is 18.9 Å². The van der Waals surface area contributed by atoms with E-state index in [2.05, 4.69) is 20.9 Å². The molecule has 1 aliphatic rings. The molecule has 138 valence electrons. The number of rotatable bonds is 6. The predicted octanol–water partition coefficient (Wildman–Crippen LogP) is 0.930. The van der Waals surface area contributed by atoms with E-state index in [1.807, 2.05) is 31.2 Å². The summed E-state index contributed by atoms with van der Waals surface area (Å²) >= 11 is 0. The van der Waals surface area contributed by atoms with Gasteiger partial charge in [0, 0.05) is 31.7 Å².